The van der Waals surface area contributed by atoms with E-state index >= 15 is 0 Å². The minimum Gasteiger partial charge on any atom is -0.381 e. The Morgan fingerprint density at radius 3 is 2.71 bits per heavy atom. The molecule has 0 saturated carbocycles. The van der Waals surface area contributed by atoms with Gasteiger partial charge in [-0.3, -0.25) is 0 Å². The maximum absolute atomic E-state index is 5.44. The van der Waals surface area contributed by atoms with Crippen molar-refractivity contribution in [2.24, 2.45) is 5.92 Å². The Kier molecular flexibility index (Phi) is 5.07. The first-order valence-corrected chi connectivity index (χ1v) is 8.65. The number of hydrogen-bond donors (Lipinski definition) is 1. The molecule has 1 N–H and O–H groups in total. The van der Waals surface area contributed by atoms with Gasteiger partial charge >= 0.3 is 0 Å². The Morgan fingerprint density at radius 1 is 1.19 bits per heavy atom. The Hall–Kier alpha value is -1.16. The van der Waals surface area contributed by atoms with Crippen LogP contribution in [0.15, 0.2) is 41.8 Å². The van der Waals surface area contributed by atoms with E-state index in [2.05, 4.69) is 54.0 Å². The van der Waals surface area contributed by atoms with Gasteiger partial charge in [-0.1, -0.05) is 30.3 Å². The Bertz CT molecular complexity index is 545. The first kappa shape index (κ1) is 14.8. The van der Waals surface area contributed by atoms with Gasteiger partial charge in [0.2, 0.25) is 0 Å². The summed E-state index contributed by atoms with van der Waals surface area (Å²) in [6, 6.07) is 13.5. The van der Waals surface area contributed by atoms with Gasteiger partial charge in [0.25, 0.3) is 0 Å². The SMILES string of the molecule is CC(NCc1cc(-c2ccccc2)cs1)C1CCOCC1. The lowest BCUT2D eigenvalue weighted by molar-refractivity contribution is 0.0558. The van der Waals surface area contributed by atoms with Crippen molar-refractivity contribution in [2.45, 2.75) is 32.4 Å². The molecule has 2 aromatic rings. The molecule has 0 radical (unpaired) electrons. The number of rotatable bonds is 5. The number of ether oxygens (including phenoxy) is 1. The standard InChI is InChI=1S/C18H23NOS/c1-14(15-7-9-20-10-8-15)19-12-18-11-17(13-21-18)16-5-3-2-4-6-16/h2-6,11,13-15,19H,7-10,12H2,1H3. The van der Waals surface area contributed by atoms with Crippen LogP contribution in [0.5, 0.6) is 0 Å². The van der Waals surface area contributed by atoms with Gasteiger partial charge in [0.1, 0.15) is 0 Å². The molecule has 21 heavy (non-hydrogen) atoms. The normalized spacial score (nSPS) is 17.8. The molecule has 1 aliphatic rings. The van der Waals surface area contributed by atoms with E-state index in [0.29, 0.717) is 6.04 Å². The third-order valence-corrected chi connectivity index (χ3v) is 5.27. The molecule has 1 aromatic heterocycles. The monoisotopic (exact) mass is 301 g/mol. The van der Waals surface area contributed by atoms with E-state index < -0.39 is 0 Å². The van der Waals surface area contributed by atoms with E-state index in [-0.39, 0.29) is 0 Å². The zero-order chi connectivity index (χ0) is 14.5. The van der Waals surface area contributed by atoms with Crippen LogP contribution >= 0.6 is 11.3 Å². The summed E-state index contributed by atoms with van der Waals surface area (Å²) >= 11 is 1.85. The molecule has 2 nitrogen and oxygen atoms in total. The second kappa shape index (κ2) is 7.21. The third kappa shape index (κ3) is 3.94. The molecule has 0 bridgehead atoms. The molecule has 0 spiro atoms. The highest BCUT2D eigenvalue weighted by Gasteiger charge is 2.20. The molecule has 1 aromatic carbocycles. The summed E-state index contributed by atoms with van der Waals surface area (Å²) in [6.07, 6.45) is 2.38. The molecule has 3 rings (SSSR count). The second-order valence-electron chi connectivity index (χ2n) is 5.79. The average Bonchev–Trinajstić information content (AvgIpc) is 3.03. The van der Waals surface area contributed by atoms with E-state index in [4.69, 9.17) is 4.74 Å². The molecular formula is C18H23NOS. The van der Waals surface area contributed by atoms with Gasteiger partial charge in [-0.15, -0.1) is 11.3 Å². The molecule has 112 valence electrons. The van der Waals surface area contributed by atoms with Crippen molar-refractivity contribution in [1.82, 2.24) is 5.32 Å². The topological polar surface area (TPSA) is 21.3 Å². The zero-order valence-electron chi connectivity index (χ0n) is 12.5. The fraction of sp³-hybridized carbons (Fsp3) is 0.444. The molecular weight excluding hydrogens is 278 g/mol. The lowest BCUT2D eigenvalue weighted by Crippen LogP contribution is -2.36. The van der Waals surface area contributed by atoms with Crippen LogP contribution in [-0.4, -0.2) is 19.3 Å². The van der Waals surface area contributed by atoms with E-state index in [9.17, 15) is 0 Å². The lowest BCUT2D eigenvalue weighted by Gasteiger charge is -2.28. The first-order valence-electron chi connectivity index (χ1n) is 7.77. The van der Waals surface area contributed by atoms with Gasteiger partial charge in [0, 0.05) is 30.7 Å². The van der Waals surface area contributed by atoms with Gasteiger partial charge in [-0.05, 0) is 48.3 Å². The largest absolute Gasteiger partial charge is 0.381 e. The number of nitrogens with one attached hydrogen (secondary N) is 1. The summed E-state index contributed by atoms with van der Waals surface area (Å²) in [6.45, 7) is 5.12. The summed E-state index contributed by atoms with van der Waals surface area (Å²) in [4.78, 5) is 1.41. The molecule has 1 aliphatic heterocycles. The Labute approximate surface area is 131 Å². The van der Waals surface area contributed by atoms with Crippen LogP contribution in [0.25, 0.3) is 11.1 Å². The van der Waals surface area contributed by atoms with Crippen molar-refractivity contribution in [3.63, 3.8) is 0 Å². The quantitative estimate of drug-likeness (QED) is 0.888. The average molecular weight is 301 g/mol. The van der Waals surface area contributed by atoms with E-state index in [1.54, 1.807) is 0 Å². The molecule has 0 amide bonds. The van der Waals surface area contributed by atoms with Gasteiger partial charge in [-0.2, -0.15) is 0 Å². The van der Waals surface area contributed by atoms with E-state index in [1.165, 1.54) is 28.8 Å². The summed E-state index contributed by atoms with van der Waals surface area (Å²) in [5.41, 5.74) is 2.63. The zero-order valence-corrected chi connectivity index (χ0v) is 13.4. The third-order valence-electron chi connectivity index (χ3n) is 4.33. The fourth-order valence-electron chi connectivity index (χ4n) is 2.90. The van der Waals surface area contributed by atoms with Crippen LogP contribution in [0, 0.1) is 5.92 Å². The molecule has 2 heterocycles. The van der Waals surface area contributed by atoms with Crippen molar-refractivity contribution in [3.05, 3.63) is 46.7 Å². The van der Waals surface area contributed by atoms with E-state index in [0.717, 1.165) is 25.7 Å². The van der Waals surface area contributed by atoms with Crippen molar-refractivity contribution in [2.75, 3.05) is 13.2 Å². The van der Waals surface area contributed by atoms with Crippen LogP contribution in [0.3, 0.4) is 0 Å². The summed E-state index contributed by atoms with van der Waals surface area (Å²) in [5.74, 6) is 0.757. The molecule has 1 unspecified atom stereocenters. The minimum atomic E-state index is 0.566. The van der Waals surface area contributed by atoms with Crippen molar-refractivity contribution < 1.29 is 4.74 Å². The highest BCUT2D eigenvalue weighted by molar-refractivity contribution is 7.10. The maximum Gasteiger partial charge on any atom is 0.0469 e. The Balaban J connectivity index is 1.55. The number of thiophene rings is 1. The summed E-state index contributed by atoms with van der Waals surface area (Å²) < 4.78 is 5.44. The predicted molar refractivity (Wildman–Crippen MR) is 89.6 cm³/mol. The van der Waals surface area contributed by atoms with Gasteiger partial charge in [-0.25, -0.2) is 0 Å². The summed E-state index contributed by atoms with van der Waals surface area (Å²) in [5, 5.41) is 5.94. The van der Waals surface area contributed by atoms with Crippen LogP contribution in [-0.2, 0) is 11.3 Å². The second-order valence-corrected chi connectivity index (χ2v) is 6.78. The van der Waals surface area contributed by atoms with E-state index in [1.807, 2.05) is 11.3 Å². The van der Waals surface area contributed by atoms with Crippen molar-refractivity contribution in [1.29, 1.82) is 0 Å². The smallest absolute Gasteiger partial charge is 0.0469 e. The Morgan fingerprint density at radius 2 is 1.95 bits per heavy atom. The molecule has 3 heteroatoms. The molecule has 1 fully saturated rings. The van der Waals surface area contributed by atoms with Gasteiger partial charge in [0.05, 0.1) is 0 Å². The first-order chi connectivity index (χ1) is 10.3. The number of benzene rings is 1. The molecule has 1 saturated heterocycles. The van der Waals surface area contributed by atoms with Crippen molar-refractivity contribution >= 4 is 11.3 Å². The highest BCUT2D eigenvalue weighted by atomic mass is 32.1. The maximum atomic E-state index is 5.44. The predicted octanol–water partition coefficient (Wildman–Crippen LogP) is 4.32. The van der Waals surface area contributed by atoms with Gasteiger partial charge in [0.15, 0.2) is 0 Å². The molecule has 1 atom stereocenters. The molecule has 0 aliphatic carbocycles. The lowest BCUT2D eigenvalue weighted by atomic mass is 9.93. The summed E-state index contributed by atoms with van der Waals surface area (Å²) in [7, 11) is 0. The van der Waals surface area contributed by atoms with Gasteiger partial charge < -0.3 is 10.1 Å². The highest BCUT2D eigenvalue weighted by Crippen LogP contribution is 2.26. The van der Waals surface area contributed by atoms with Crippen LogP contribution in [0.4, 0.5) is 0 Å². The van der Waals surface area contributed by atoms with Crippen molar-refractivity contribution in [3.8, 4) is 11.1 Å². The fourth-order valence-corrected chi connectivity index (χ4v) is 3.74. The van der Waals surface area contributed by atoms with Crippen LogP contribution in [0.1, 0.15) is 24.6 Å². The van der Waals surface area contributed by atoms with Crippen LogP contribution in [0.2, 0.25) is 0 Å². The minimum absolute atomic E-state index is 0.566. The van der Waals surface area contributed by atoms with Crippen LogP contribution < -0.4 is 5.32 Å². The number of hydrogen-bond acceptors (Lipinski definition) is 3.